The maximum atomic E-state index is 12.9. The van der Waals surface area contributed by atoms with Crippen LogP contribution < -0.4 is 15.0 Å². The molecule has 1 atom stereocenters. The maximum absolute atomic E-state index is 12.9. The molecule has 2 heterocycles. The highest BCUT2D eigenvalue weighted by Crippen LogP contribution is 2.34. The molecule has 5 rings (SSSR count). The average molecular weight is 758 g/mol. The number of benzene rings is 3. The molecule has 0 spiro atoms. The van der Waals surface area contributed by atoms with E-state index >= 15 is 0 Å². The fourth-order valence-electron chi connectivity index (χ4n) is 4.98. The van der Waals surface area contributed by atoms with Gasteiger partial charge in [0, 0.05) is 11.6 Å². The number of hydrogen-bond donors (Lipinski definition) is 1. The quantitative estimate of drug-likeness (QED) is 0.171. The standard InChI is InChI=1S/C34H32BrF3N6O2S2/c1-20(2)28-14-5-21(3)15-29(28)44-30(45)18-48-33(44)41-32(47)40-22(4)16-25(35)17-23-6-8-24(9-7-23)31-39-19-43(42-31)26-10-12-27(13-11-26)46-34(36,37)38/h5-15,17,19-20,22H,16,18H2,1-4H3,(H,40,47)/b25-17+,41-33?. The lowest BCUT2D eigenvalue weighted by atomic mass is 9.99. The molecule has 4 aromatic rings. The van der Waals surface area contributed by atoms with Gasteiger partial charge in [-0.15, -0.1) is 18.3 Å². The Morgan fingerprint density at radius 2 is 1.83 bits per heavy atom. The number of alkyl halides is 3. The van der Waals surface area contributed by atoms with Crippen molar-refractivity contribution in [2.45, 2.75) is 52.4 Å². The third-order valence-corrected chi connectivity index (χ3v) is 8.89. The Labute approximate surface area is 294 Å². The predicted molar refractivity (Wildman–Crippen MR) is 193 cm³/mol. The van der Waals surface area contributed by atoms with Gasteiger partial charge in [-0.2, -0.15) is 4.99 Å². The van der Waals surface area contributed by atoms with Crippen LogP contribution in [0, 0.1) is 6.92 Å². The van der Waals surface area contributed by atoms with Crippen molar-refractivity contribution in [1.29, 1.82) is 0 Å². The average Bonchev–Trinajstić information content (AvgIpc) is 3.63. The van der Waals surface area contributed by atoms with Crippen molar-refractivity contribution in [2.75, 3.05) is 10.7 Å². The molecule has 48 heavy (non-hydrogen) atoms. The molecule has 1 aliphatic heterocycles. The van der Waals surface area contributed by atoms with Crippen molar-refractivity contribution in [3.63, 3.8) is 0 Å². The van der Waals surface area contributed by atoms with Crippen LogP contribution in [0.15, 0.2) is 82.5 Å². The lowest BCUT2D eigenvalue weighted by Crippen LogP contribution is -2.34. The lowest BCUT2D eigenvalue weighted by Gasteiger charge is -2.22. The van der Waals surface area contributed by atoms with Crippen LogP contribution in [0.3, 0.4) is 0 Å². The Morgan fingerprint density at radius 1 is 1.12 bits per heavy atom. The van der Waals surface area contributed by atoms with Gasteiger partial charge >= 0.3 is 6.36 Å². The molecule has 1 N–H and O–H groups in total. The summed E-state index contributed by atoms with van der Waals surface area (Å²) < 4.78 is 43.7. The van der Waals surface area contributed by atoms with Gasteiger partial charge in [-0.1, -0.05) is 77.9 Å². The highest BCUT2D eigenvalue weighted by Gasteiger charge is 2.32. The number of amidine groups is 1. The number of aryl methyl sites for hydroxylation is 1. The molecule has 3 aromatic carbocycles. The highest BCUT2D eigenvalue weighted by molar-refractivity contribution is 9.11. The van der Waals surface area contributed by atoms with E-state index in [1.165, 1.54) is 47.0 Å². The van der Waals surface area contributed by atoms with Gasteiger partial charge in [-0.3, -0.25) is 9.69 Å². The Kier molecular flexibility index (Phi) is 11.1. The van der Waals surface area contributed by atoms with Crippen LogP contribution in [-0.2, 0) is 4.79 Å². The molecule has 8 nitrogen and oxygen atoms in total. The summed E-state index contributed by atoms with van der Waals surface area (Å²) in [6.07, 6.45) is -0.615. The van der Waals surface area contributed by atoms with Crippen molar-refractivity contribution >= 4 is 67.9 Å². The number of nitrogens with zero attached hydrogens (tertiary/aromatic N) is 5. The first-order valence-electron chi connectivity index (χ1n) is 15.0. The van der Waals surface area contributed by atoms with Crippen LogP contribution in [0.2, 0.25) is 0 Å². The molecule has 1 fully saturated rings. The second kappa shape index (κ2) is 15.0. The third kappa shape index (κ3) is 9.11. The van der Waals surface area contributed by atoms with Crippen molar-refractivity contribution in [2.24, 2.45) is 4.99 Å². The van der Waals surface area contributed by atoms with Gasteiger partial charge in [0.2, 0.25) is 5.91 Å². The lowest BCUT2D eigenvalue weighted by molar-refractivity contribution is -0.274. The molecule has 1 saturated heterocycles. The smallest absolute Gasteiger partial charge is 0.406 e. The zero-order chi connectivity index (χ0) is 34.6. The van der Waals surface area contributed by atoms with E-state index in [1.807, 2.05) is 50.3 Å². The fraction of sp³-hybridized carbons (Fsp3) is 0.265. The number of aliphatic imine (C=N–C) groups is 1. The molecular weight excluding hydrogens is 725 g/mol. The molecule has 14 heteroatoms. The third-order valence-electron chi connectivity index (χ3n) is 7.20. The van der Waals surface area contributed by atoms with Crippen LogP contribution in [0.25, 0.3) is 23.2 Å². The van der Waals surface area contributed by atoms with Crippen LogP contribution in [-0.4, -0.2) is 49.1 Å². The first-order valence-corrected chi connectivity index (χ1v) is 17.1. The number of rotatable bonds is 9. The van der Waals surface area contributed by atoms with Crippen molar-refractivity contribution in [3.05, 3.63) is 94.2 Å². The Balaban J connectivity index is 1.19. The zero-order valence-electron chi connectivity index (χ0n) is 26.5. The SMILES string of the molecule is Cc1ccc(C(C)C)c(N2C(=O)CSC2=NC(=S)NC(C)C/C(Br)=C\c2ccc(-c3ncn(-c4ccc(OC(F)(F)F)cc4)n3)cc2)c1. The zero-order valence-corrected chi connectivity index (χ0v) is 29.7. The molecular formula is C34H32BrF3N6O2S2. The maximum Gasteiger partial charge on any atom is 0.573 e. The summed E-state index contributed by atoms with van der Waals surface area (Å²) >= 11 is 10.6. The number of ether oxygens (including phenoxy) is 1. The Morgan fingerprint density at radius 3 is 2.50 bits per heavy atom. The Bertz CT molecular complexity index is 1860. The van der Waals surface area contributed by atoms with Crippen LogP contribution in [0.1, 0.15) is 49.8 Å². The van der Waals surface area contributed by atoms with Gasteiger partial charge in [-0.25, -0.2) is 9.67 Å². The van der Waals surface area contributed by atoms with Gasteiger partial charge in [0.25, 0.3) is 0 Å². The fourth-order valence-corrected chi connectivity index (χ4v) is 6.94. The molecule has 0 radical (unpaired) electrons. The van der Waals surface area contributed by atoms with E-state index in [1.54, 1.807) is 4.90 Å². The molecule has 0 saturated carbocycles. The molecule has 1 unspecified atom stereocenters. The van der Waals surface area contributed by atoms with Gasteiger partial charge in [-0.05, 0) is 96.0 Å². The van der Waals surface area contributed by atoms with Crippen LogP contribution in [0.4, 0.5) is 18.9 Å². The van der Waals surface area contributed by atoms with Crippen LogP contribution >= 0.6 is 39.9 Å². The van der Waals surface area contributed by atoms with E-state index in [9.17, 15) is 18.0 Å². The van der Waals surface area contributed by atoms with E-state index in [0.717, 1.165) is 32.4 Å². The number of amides is 1. The first kappa shape index (κ1) is 35.3. The number of anilines is 1. The number of thiocarbonyl (C=S) groups is 1. The van der Waals surface area contributed by atoms with Gasteiger partial charge < -0.3 is 10.1 Å². The van der Waals surface area contributed by atoms with Gasteiger partial charge in [0.15, 0.2) is 16.1 Å². The topological polar surface area (TPSA) is 84.6 Å². The molecule has 1 amide bonds. The van der Waals surface area contributed by atoms with E-state index in [-0.39, 0.29) is 23.6 Å². The van der Waals surface area contributed by atoms with Gasteiger partial charge in [0.05, 0.1) is 17.1 Å². The molecule has 0 aliphatic carbocycles. The summed E-state index contributed by atoms with van der Waals surface area (Å²) in [5.74, 6) is 0.693. The summed E-state index contributed by atoms with van der Waals surface area (Å²) in [6.45, 7) is 8.22. The summed E-state index contributed by atoms with van der Waals surface area (Å²) in [6, 6.07) is 19.1. The van der Waals surface area contributed by atoms with E-state index in [0.29, 0.717) is 34.0 Å². The normalized spacial score (nSPS) is 15.4. The molecule has 1 aromatic heterocycles. The second-order valence-corrected chi connectivity index (χ2v) is 13.8. The number of thioether (sulfide) groups is 1. The summed E-state index contributed by atoms with van der Waals surface area (Å²) in [5.41, 5.74) is 5.27. The largest absolute Gasteiger partial charge is 0.573 e. The summed E-state index contributed by atoms with van der Waals surface area (Å²) in [7, 11) is 0. The minimum Gasteiger partial charge on any atom is -0.406 e. The van der Waals surface area contributed by atoms with Gasteiger partial charge in [0.1, 0.15) is 12.1 Å². The summed E-state index contributed by atoms with van der Waals surface area (Å²) in [5, 5.41) is 8.60. The Hall–Kier alpha value is -4.01. The van der Waals surface area contributed by atoms with E-state index < -0.39 is 6.36 Å². The number of aromatic nitrogens is 3. The number of carbonyl (C=O) groups excluding carboxylic acids is 1. The number of nitrogens with one attached hydrogen (secondary N) is 1. The summed E-state index contributed by atoms with van der Waals surface area (Å²) in [4.78, 5) is 23.6. The monoisotopic (exact) mass is 756 g/mol. The number of carbonyl (C=O) groups is 1. The minimum atomic E-state index is -4.75. The number of hydrogen-bond acceptors (Lipinski definition) is 6. The molecule has 0 bridgehead atoms. The van der Waals surface area contributed by atoms with Crippen molar-refractivity contribution < 1.29 is 22.7 Å². The van der Waals surface area contributed by atoms with Crippen LogP contribution in [0.5, 0.6) is 5.75 Å². The minimum absolute atomic E-state index is 0.0175. The first-order chi connectivity index (χ1) is 22.8. The molecule has 250 valence electrons. The highest BCUT2D eigenvalue weighted by atomic mass is 79.9. The van der Waals surface area contributed by atoms with E-state index in [4.69, 9.17) is 12.2 Å². The van der Waals surface area contributed by atoms with Crippen molar-refractivity contribution in [1.82, 2.24) is 20.1 Å². The second-order valence-electron chi connectivity index (χ2n) is 11.5. The predicted octanol–water partition coefficient (Wildman–Crippen LogP) is 8.79. The number of halogens is 4. The van der Waals surface area contributed by atoms with Crippen molar-refractivity contribution in [3.8, 4) is 22.8 Å². The molecule has 1 aliphatic rings. The van der Waals surface area contributed by atoms with E-state index in [2.05, 4.69) is 67.0 Å².